The van der Waals surface area contributed by atoms with E-state index in [2.05, 4.69) is 16.9 Å². The number of ether oxygens (including phenoxy) is 1. The molecule has 0 heterocycles. The number of hydrogen-bond donors (Lipinski definition) is 0. The van der Waals surface area contributed by atoms with Gasteiger partial charge in [-0.2, -0.15) is 5.10 Å². The molecule has 3 nitrogen and oxygen atoms in total. The first-order valence-electron chi connectivity index (χ1n) is 7.39. The molecule has 2 aromatic rings. The Morgan fingerprint density at radius 3 is 2.57 bits per heavy atom. The summed E-state index contributed by atoms with van der Waals surface area (Å²) in [5.41, 5.74) is 1.99. The van der Waals surface area contributed by atoms with Gasteiger partial charge in [0.15, 0.2) is 0 Å². The van der Waals surface area contributed by atoms with Crippen LogP contribution in [0.4, 0.5) is 0 Å². The molecule has 3 heteroatoms. The first-order valence-corrected chi connectivity index (χ1v) is 7.39. The normalized spacial score (nSPS) is 10.5. The highest BCUT2D eigenvalue weighted by molar-refractivity contribution is 5.79. The minimum atomic E-state index is 0.353. The SMILES string of the molecule is CN(C)/N=C/C=C/c1ccccc1OCC#Cc1ccccc1. The van der Waals surface area contributed by atoms with Gasteiger partial charge in [0, 0.05) is 31.4 Å². The van der Waals surface area contributed by atoms with Gasteiger partial charge in [-0.15, -0.1) is 0 Å². The Kier molecular flexibility index (Phi) is 6.49. The van der Waals surface area contributed by atoms with Crippen molar-refractivity contribution in [2.75, 3.05) is 20.7 Å². The summed E-state index contributed by atoms with van der Waals surface area (Å²) in [4.78, 5) is 0. The number of rotatable bonds is 5. The molecule has 0 bridgehead atoms. The van der Waals surface area contributed by atoms with Crippen LogP contribution in [0.15, 0.2) is 65.8 Å². The fourth-order valence-electron chi connectivity index (χ4n) is 1.84. The molecule has 0 saturated carbocycles. The van der Waals surface area contributed by atoms with E-state index < -0.39 is 0 Å². The average Bonchev–Trinajstić information content (AvgIpc) is 2.57. The topological polar surface area (TPSA) is 24.8 Å². The molecular formula is C20H20N2O. The molecule has 0 N–H and O–H groups in total. The van der Waals surface area contributed by atoms with E-state index in [-0.39, 0.29) is 0 Å². The summed E-state index contributed by atoms with van der Waals surface area (Å²) < 4.78 is 5.76. The molecule has 23 heavy (non-hydrogen) atoms. The predicted molar refractivity (Wildman–Crippen MR) is 96.5 cm³/mol. The highest BCUT2D eigenvalue weighted by Crippen LogP contribution is 2.19. The van der Waals surface area contributed by atoms with Crippen LogP contribution in [0.25, 0.3) is 6.08 Å². The molecule has 0 unspecified atom stereocenters. The Morgan fingerprint density at radius 2 is 1.78 bits per heavy atom. The molecule has 0 saturated heterocycles. The van der Waals surface area contributed by atoms with Crippen LogP contribution in [-0.2, 0) is 0 Å². The van der Waals surface area contributed by atoms with Crippen LogP contribution in [-0.4, -0.2) is 31.9 Å². The third-order valence-electron chi connectivity index (χ3n) is 2.88. The zero-order valence-electron chi connectivity index (χ0n) is 13.4. The Labute approximate surface area is 137 Å². The number of para-hydroxylation sites is 1. The van der Waals surface area contributed by atoms with Gasteiger partial charge in [-0.1, -0.05) is 48.2 Å². The lowest BCUT2D eigenvalue weighted by atomic mass is 10.2. The Balaban J connectivity index is 1.97. The lowest BCUT2D eigenvalue weighted by molar-refractivity contribution is 0.369. The van der Waals surface area contributed by atoms with Crippen LogP contribution in [0, 0.1) is 11.8 Å². The summed E-state index contributed by atoms with van der Waals surface area (Å²) in [5.74, 6) is 6.92. The Morgan fingerprint density at radius 1 is 1.04 bits per heavy atom. The number of hydrogen-bond acceptors (Lipinski definition) is 3. The number of nitrogens with zero attached hydrogens (tertiary/aromatic N) is 2. The molecule has 0 spiro atoms. The van der Waals surface area contributed by atoms with Gasteiger partial charge in [0.1, 0.15) is 12.4 Å². The summed E-state index contributed by atoms with van der Waals surface area (Å²) in [6.07, 6.45) is 5.59. The highest BCUT2D eigenvalue weighted by Gasteiger charge is 1.97. The van der Waals surface area contributed by atoms with Crippen LogP contribution >= 0.6 is 0 Å². The van der Waals surface area contributed by atoms with E-state index in [1.807, 2.05) is 80.8 Å². The summed E-state index contributed by atoms with van der Waals surface area (Å²) in [7, 11) is 3.76. The second kappa shape index (κ2) is 9.11. The summed E-state index contributed by atoms with van der Waals surface area (Å²) >= 11 is 0. The third kappa shape index (κ3) is 6.11. The minimum absolute atomic E-state index is 0.353. The van der Waals surface area contributed by atoms with E-state index in [4.69, 9.17) is 4.74 Å². The lowest BCUT2D eigenvalue weighted by Crippen LogP contribution is -2.00. The molecule has 116 valence electrons. The van der Waals surface area contributed by atoms with Crippen molar-refractivity contribution >= 4 is 12.3 Å². The molecule has 0 atom stereocenters. The van der Waals surface area contributed by atoms with Crippen molar-refractivity contribution in [1.82, 2.24) is 5.01 Å². The first-order chi connectivity index (χ1) is 11.3. The quantitative estimate of drug-likeness (QED) is 0.478. The van der Waals surface area contributed by atoms with Gasteiger partial charge in [0.25, 0.3) is 0 Å². The molecule has 0 radical (unpaired) electrons. The molecular weight excluding hydrogens is 284 g/mol. The molecule has 0 aromatic heterocycles. The van der Waals surface area contributed by atoms with E-state index in [1.165, 1.54) is 0 Å². The van der Waals surface area contributed by atoms with Crippen molar-refractivity contribution in [2.45, 2.75) is 0 Å². The minimum Gasteiger partial charge on any atom is -0.480 e. The Bertz CT molecular complexity index is 722. The fourth-order valence-corrected chi connectivity index (χ4v) is 1.84. The molecule has 0 fully saturated rings. The van der Waals surface area contributed by atoms with E-state index in [1.54, 1.807) is 11.2 Å². The monoisotopic (exact) mass is 304 g/mol. The molecule has 2 rings (SSSR count). The number of allylic oxidation sites excluding steroid dienone is 1. The lowest BCUT2D eigenvalue weighted by Gasteiger charge is -2.05. The van der Waals surface area contributed by atoms with Gasteiger partial charge < -0.3 is 9.75 Å². The van der Waals surface area contributed by atoms with Crippen molar-refractivity contribution in [3.8, 4) is 17.6 Å². The van der Waals surface area contributed by atoms with Crippen LogP contribution < -0.4 is 4.74 Å². The third-order valence-corrected chi connectivity index (χ3v) is 2.88. The summed E-state index contributed by atoms with van der Waals surface area (Å²) in [5, 5.41) is 5.88. The summed E-state index contributed by atoms with van der Waals surface area (Å²) in [6, 6.07) is 17.7. The smallest absolute Gasteiger partial charge is 0.149 e. The van der Waals surface area contributed by atoms with Gasteiger partial charge in [-0.25, -0.2) is 0 Å². The van der Waals surface area contributed by atoms with E-state index in [0.29, 0.717) is 6.61 Å². The second-order valence-electron chi connectivity index (χ2n) is 4.97. The van der Waals surface area contributed by atoms with Crippen molar-refractivity contribution in [1.29, 1.82) is 0 Å². The number of hydrazone groups is 1. The molecule has 0 aliphatic heterocycles. The van der Waals surface area contributed by atoms with Crippen LogP contribution in [0.2, 0.25) is 0 Å². The van der Waals surface area contributed by atoms with Crippen LogP contribution in [0.1, 0.15) is 11.1 Å². The predicted octanol–water partition coefficient (Wildman–Crippen LogP) is 3.68. The fraction of sp³-hybridized carbons (Fsp3) is 0.150. The van der Waals surface area contributed by atoms with Crippen LogP contribution in [0.5, 0.6) is 5.75 Å². The van der Waals surface area contributed by atoms with Gasteiger partial charge in [0.05, 0.1) is 0 Å². The van der Waals surface area contributed by atoms with Crippen molar-refractivity contribution in [2.24, 2.45) is 5.10 Å². The standard InChI is InChI=1S/C20H20N2O/c1-22(2)21-16-8-14-19-13-6-7-15-20(19)23-17-9-12-18-10-4-3-5-11-18/h3-8,10-11,13-16H,17H2,1-2H3/b14-8+,21-16+. The van der Waals surface area contributed by atoms with Gasteiger partial charge in [-0.05, 0) is 30.4 Å². The van der Waals surface area contributed by atoms with Crippen molar-refractivity contribution in [3.63, 3.8) is 0 Å². The molecule has 0 aliphatic carbocycles. The molecule has 0 amide bonds. The molecule has 0 aliphatic rings. The van der Waals surface area contributed by atoms with Gasteiger partial charge in [-0.3, -0.25) is 0 Å². The number of benzene rings is 2. The highest BCUT2D eigenvalue weighted by atomic mass is 16.5. The molecule has 2 aromatic carbocycles. The maximum absolute atomic E-state index is 5.76. The largest absolute Gasteiger partial charge is 0.480 e. The van der Waals surface area contributed by atoms with Crippen LogP contribution in [0.3, 0.4) is 0 Å². The van der Waals surface area contributed by atoms with E-state index in [9.17, 15) is 0 Å². The van der Waals surface area contributed by atoms with Crippen molar-refractivity contribution in [3.05, 3.63) is 71.8 Å². The maximum Gasteiger partial charge on any atom is 0.149 e. The average molecular weight is 304 g/mol. The summed E-state index contributed by atoms with van der Waals surface area (Å²) in [6.45, 7) is 0.353. The zero-order valence-corrected chi connectivity index (χ0v) is 13.4. The van der Waals surface area contributed by atoms with E-state index >= 15 is 0 Å². The zero-order chi connectivity index (χ0) is 16.3. The van der Waals surface area contributed by atoms with E-state index in [0.717, 1.165) is 16.9 Å². The van der Waals surface area contributed by atoms with Crippen molar-refractivity contribution < 1.29 is 4.74 Å². The Hall–Kier alpha value is -2.99. The first kappa shape index (κ1) is 16.4. The van der Waals surface area contributed by atoms with Gasteiger partial charge >= 0.3 is 0 Å². The van der Waals surface area contributed by atoms with Gasteiger partial charge in [0.2, 0.25) is 0 Å². The second-order valence-corrected chi connectivity index (χ2v) is 4.97. The maximum atomic E-state index is 5.76.